The first-order valence-corrected chi connectivity index (χ1v) is 5.43. The molecule has 4 nitrogen and oxygen atoms in total. The molecule has 0 saturated heterocycles. The Labute approximate surface area is 94.5 Å². The van der Waals surface area contributed by atoms with Crippen molar-refractivity contribution >= 4 is 6.34 Å². The van der Waals surface area contributed by atoms with Crippen LogP contribution in [0.3, 0.4) is 0 Å². The second-order valence-corrected chi connectivity index (χ2v) is 3.96. The summed E-state index contributed by atoms with van der Waals surface area (Å²) >= 11 is 0. The van der Waals surface area contributed by atoms with Crippen molar-refractivity contribution in [3.63, 3.8) is 0 Å². The molecule has 2 heterocycles. The maximum Gasteiger partial charge on any atom is 0.161 e. The lowest BCUT2D eigenvalue weighted by Gasteiger charge is -2.23. The van der Waals surface area contributed by atoms with Crippen LogP contribution in [-0.2, 0) is 11.3 Å². The van der Waals surface area contributed by atoms with E-state index in [-0.39, 0.29) is 6.23 Å². The summed E-state index contributed by atoms with van der Waals surface area (Å²) < 4.78 is 11.2. The van der Waals surface area contributed by atoms with Gasteiger partial charge in [-0.15, -0.1) is 0 Å². The lowest BCUT2D eigenvalue weighted by molar-refractivity contribution is -0.0110. The van der Waals surface area contributed by atoms with Crippen molar-refractivity contribution < 1.29 is 9.47 Å². The molecule has 1 aromatic carbocycles. The second-order valence-electron chi connectivity index (χ2n) is 3.96. The van der Waals surface area contributed by atoms with Crippen molar-refractivity contribution in [2.24, 2.45) is 4.99 Å². The Kier molecular flexibility index (Phi) is 2.29. The molecule has 4 heteroatoms. The smallest absolute Gasteiger partial charge is 0.161 e. The molecule has 0 aliphatic carbocycles. The number of hydrogen-bond acceptors (Lipinski definition) is 4. The predicted octanol–water partition coefficient (Wildman–Crippen LogP) is 1.57. The maximum atomic E-state index is 5.80. The number of hydrogen-bond donors (Lipinski definition) is 0. The standard InChI is InChI=1S/C12H14N2O2/c1-15-10-4-2-3-9-7-16-12(11(9)10)14-6-5-13-8-14/h2-4,8,12H,5-7H2,1H3. The highest BCUT2D eigenvalue weighted by atomic mass is 16.5. The van der Waals surface area contributed by atoms with E-state index in [0.717, 1.165) is 24.4 Å². The van der Waals surface area contributed by atoms with Gasteiger partial charge >= 0.3 is 0 Å². The molecule has 16 heavy (non-hydrogen) atoms. The second kappa shape index (κ2) is 3.79. The van der Waals surface area contributed by atoms with Gasteiger partial charge in [-0.25, -0.2) is 0 Å². The van der Waals surface area contributed by atoms with Gasteiger partial charge in [-0.2, -0.15) is 0 Å². The molecule has 84 valence electrons. The zero-order valence-electron chi connectivity index (χ0n) is 9.22. The SMILES string of the molecule is COc1cccc2c1C(N1C=NCC1)OC2. The fourth-order valence-corrected chi connectivity index (χ4v) is 2.26. The molecule has 1 aromatic rings. The number of benzene rings is 1. The molecule has 0 spiro atoms. The quantitative estimate of drug-likeness (QED) is 0.755. The maximum absolute atomic E-state index is 5.80. The first-order chi connectivity index (χ1) is 7.90. The average Bonchev–Trinajstić information content (AvgIpc) is 2.96. The average molecular weight is 218 g/mol. The Morgan fingerprint density at radius 3 is 3.19 bits per heavy atom. The van der Waals surface area contributed by atoms with Crippen LogP contribution in [0.1, 0.15) is 17.4 Å². The molecule has 1 atom stereocenters. The molecule has 0 saturated carbocycles. The third-order valence-corrected chi connectivity index (χ3v) is 3.04. The van der Waals surface area contributed by atoms with Crippen molar-refractivity contribution in [1.29, 1.82) is 0 Å². The van der Waals surface area contributed by atoms with Gasteiger partial charge in [-0.3, -0.25) is 4.99 Å². The Morgan fingerprint density at radius 1 is 1.50 bits per heavy atom. The van der Waals surface area contributed by atoms with Crippen molar-refractivity contribution in [1.82, 2.24) is 4.90 Å². The van der Waals surface area contributed by atoms with E-state index in [4.69, 9.17) is 9.47 Å². The highest BCUT2D eigenvalue weighted by Gasteiger charge is 2.31. The minimum atomic E-state index is -0.0302. The van der Waals surface area contributed by atoms with Crippen LogP contribution < -0.4 is 4.74 Å². The summed E-state index contributed by atoms with van der Waals surface area (Å²) in [6.45, 7) is 2.42. The number of nitrogens with zero attached hydrogens (tertiary/aromatic N) is 2. The van der Waals surface area contributed by atoms with Crippen LogP contribution in [0.2, 0.25) is 0 Å². The molecule has 0 amide bonds. The highest BCUT2D eigenvalue weighted by molar-refractivity contribution is 5.59. The Morgan fingerprint density at radius 2 is 2.44 bits per heavy atom. The molecular weight excluding hydrogens is 204 g/mol. The third-order valence-electron chi connectivity index (χ3n) is 3.04. The van der Waals surface area contributed by atoms with Gasteiger partial charge in [-0.05, 0) is 11.6 Å². The molecule has 0 aromatic heterocycles. The number of aliphatic imine (C=N–C) groups is 1. The van der Waals surface area contributed by atoms with Gasteiger partial charge in [0.2, 0.25) is 0 Å². The van der Waals surface area contributed by atoms with Gasteiger partial charge in [-0.1, -0.05) is 12.1 Å². The molecule has 0 radical (unpaired) electrons. The van der Waals surface area contributed by atoms with Crippen molar-refractivity contribution in [3.8, 4) is 5.75 Å². The number of ether oxygens (including phenoxy) is 2. The van der Waals surface area contributed by atoms with Crippen LogP contribution in [0, 0.1) is 0 Å². The van der Waals surface area contributed by atoms with Crippen molar-refractivity contribution in [3.05, 3.63) is 29.3 Å². The van der Waals surface area contributed by atoms with Crippen molar-refractivity contribution in [2.45, 2.75) is 12.8 Å². The van der Waals surface area contributed by atoms with Crippen molar-refractivity contribution in [2.75, 3.05) is 20.2 Å². The van der Waals surface area contributed by atoms with Gasteiger partial charge in [0.15, 0.2) is 6.23 Å². The van der Waals surface area contributed by atoms with Gasteiger partial charge < -0.3 is 14.4 Å². The minimum absolute atomic E-state index is 0.0302. The van der Waals surface area contributed by atoms with E-state index in [1.807, 2.05) is 18.5 Å². The summed E-state index contributed by atoms with van der Waals surface area (Å²) in [6.07, 6.45) is 1.84. The summed E-state index contributed by atoms with van der Waals surface area (Å²) in [6, 6.07) is 6.07. The van der Waals surface area contributed by atoms with E-state index >= 15 is 0 Å². The molecule has 2 aliphatic rings. The van der Waals surface area contributed by atoms with Crippen LogP contribution >= 0.6 is 0 Å². The summed E-state index contributed by atoms with van der Waals surface area (Å²) in [5, 5.41) is 0. The number of fused-ring (bicyclic) bond motifs is 1. The third kappa shape index (κ3) is 1.38. The lowest BCUT2D eigenvalue weighted by atomic mass is 10.1. The first-order valence-electron chi connectivity index (χ1n) is 5.43. The minimum Gasteiger partial charge on any atom is -0.496 e. The van der Waals surface area contributed by atoms with E-state index < -0.39 is 0 Å². The van der Waals surface area contributed by atoms with Gasteiger partial charge in [0.1, 0.15) is 5.75 Å². The van der Waals surface area contributed by atoms with Crippen LogP contribution in [0.5, 0.6) is 5.75 Å². The van der Waals surface area contributed by atoms with Crippen LogP contribution in [0.15, 0.2) is 23.2 Å². The van der Waals surface area contributed by atoms with Gasteiger partial charge in [0.25, 0.3) is 0 Å². The van der Waals surface area contributed by atoms with Gasteiger partial charge in [0.05, 0.1) is 26.6 Å². The molecule has 1 unspecified atom stereocenters. The zero-order valence-corrected chi connectivity index (χ0v) is 9.22. The topological polar surface area (TPSA) is 34.1 Å². The fourth-order valence-electron chi connectivity index (χ4n) is 2.26. The van der Waals surface area contributed by atoms with Gasteiger partial charge in [0, 0.05) is 12.1 Å². The Balaban J connectivity index is 1.99. The summed E-state index contributed by atoms with van der Waals surface area (Å²) in [5.41, 5.74) is 2.36. The monoisotopic (exact) mass is 218 g/mol. The summed E-state index contributed by atoms with van der Waals surface area (Å²) in [7, 11) is 1.70. The Hall–Kier alpha value is -1.55. The molecule has 0 N–H and O–H groups in total. The highest BCUT2D eigenvalue weighted by Crippen LogP contribution is 2.39. The largest absolute Gasteiger partial charge is 0.496 e. The van der Waals surface area contributed by atoms with E-state index in [1.54, 1.807) is 7.11 Å². The number of rotatable bonds is 2. The van der Waals surface area contributed by atoms with E-state index in [1.165, 1.54) is 5.56 Å². The fraction of sp³-hybridized carbons (Fsp3) is 0.417. The van der Waals surface area contributed by atoms with Crippen LogP contribution in [0.25, 0.3) is 0 Å². The summed E-state index contributed by atoms with van der Waals surface area (Å²) in [4.78, 5) is 6.34. The van der Waals surface area contributed by atoms with E-state index in [0.29, 0.717) is 6.61 Å². The van der Waals surface area contributed by atoms with Crippen LogP contribution in [-0.4, -0.2) is 31.4 Å². The lowest BCUT2D eigenvalue weighted by Crippen LogP contribution is -2.25. The molecule has 2 aliphatic heterocycles. The normalized spacial score (nSPS) is 22.6. The first kappa shape index (κ1) is 9.66. The molecule has 3 rings (SSSR count). The zero-order chi connectivity index (χ0) is 11.0. The molecule has 0 fully saturated rings. The van der Waals surface area contributed by atoms with E-state index in [2.05, 4.69) is 16.0 Å². The van der Waals surface area contributed by atoms with Crippen LogP contribution in [0.4, 0.5) is 0 Å². The summed E-state index contributed by atoms with van der Waals surface area (Å²) in [5.74, 6) is 0.903. The predicted molar refractivity (Wildman–Crippen MR) is 60.6 cm³/mol. The van der Waals surface area contributed by atoms with E-state index in [9.17, 15) is 0 Å². The molecular formula is C12H14N2O2. The molecule has 0 bridgehead atoms. The Bertz CT molecular complexity index is 431. The number of methoxy groups -OCH3 is 1.